The third kappa shape index (κ3) is 10.0. The molecule has 3 aliphatic heterocycles. The van der Waals surface area contributed by atoms with Crippen molar-refractivity contribution in [3.63, 3.8) is 0 Å². The monoisotopic (exact) mass is 989 g/mol. The molecule has 2 saturated heterocycles. The number of carbonyl (C=O) groups is 2. The van der Waals surface area contributed by atoms with E-state index in [1.807, 2.05) is 30.3 Å². The van der Waals surface area contributed by atoms with Gasteiger partial charge >= 0.3 is 7.82 Å². The predicted octanol–water partition coefficient (Wildman–Crippen LogP) is 6.10. The standard InChI is InChI=1S/C51H64N11O8P/c1-9-45(64)55-39-24-34(10-11-41(39)60-19-18-58(28-32(60)3)35-14-17-59(31(2)22-35)36-12-15-52-44(25-36)51(6,7)70-71(67,68)69)54-46-49(66)57(8)29-40(56-46)37-13-16-53-47(38(37)30-63)62-21-20-61-42(48(62)65)23-33-26-50(4,5)27-43(33)61/h9-13,15-16,23-25,29,31-32,35,63H,1,14,17-22,26-28,30H2,2-8H3,(H,54,56)(H,55,64)(H2,67,68,69)/t31-,32+,35?/m1/s1. The Hall–Kier alpha value is -6.21. The second-order valence-electron chi connectivity index (χ2n) is 20.6. The van der Waals surface area contributed by atoms with Crippen molar-refractivity contribution in [2.75, 3.05) is 58.1 Å². The van der Waals surface area contributed by atoms with Crippen LogP contribution >= 0.6 is 7.82 Å². The highest BCUT2D eigenvalue weighted by molar-refractivity contribution is 7.46. The normalized spacial score (nSPS) is 20.5. The molecular formula is C51H64N11O8P. The van der Waals surface area contributed by atoms with E-state index in [0.717, 1.165) is 56.7 Å². The van der Waals surface area contributed by atoms with Crippen LogP contribution in [0.3, 0.4) is 0 Å². The Morgan fingerprint density at radius 2 is 1.76 bits per heavy atom. The van der Waals surface area contributed by atoms with E-state index in [2.05, 4.69) is 74.1 Å². The lowest BCUT2D eigenvalue weighted by Crippen LogP contribution is -2.58. The number of piperazine rings is 1. The van der Waals surface area contributed by atoms with Gasteiger partial charge in [-0.2, -0.15) is 0 Å². The minimum atomic E-state index is -4.74. The molecule has 0 spiro atoms. The van der Waals surface area contributed by atoms with Crippen LogP contribution < -0.4 is 30.9 Å². The molecule has 3 atom stereocenters. The molecule has 1 unspecified atom stereocenters. The molecule has 5 aromatic rings. The van der Waals surface area contributed by atoms with Crippen LogP contribution in [-0.2, 0) is 52.5 Å². The maximum absolute atomic E-state index is 14.1. The Bertz CT molecular complexity index is 3020. The number of aromatic nitrogens is 5. The van der Waals surface area contributed by atoms with Crippen molar-refractivity contribution < 1.29 is 33.6 Å². The zero-order valence-corrected chi connectivity index (χ0v) is 42.3. The minimum Gasteiger partial charge on any atom is -0.392 e. The number of nitrogens with one attached hydrogen (secondary N) is 2. The summed E-state index contributed by atoms with van der Waals surface area (Å²) in [6, 6.07) is 13.6. The fourth-order valence-electron chi connectivity index (χ4n) is 11.1. The van der Waals surface area contributed by atoms with Gasteiger partial charge in [-0.05, 0) is 113 Å². The van der Waals surface area contributed by atoms with E-state index in [4.69, 9.17) is 9.51 Å². The predicted molar refractivity (Wildman–Crippen MR) is 273 cm³/mol. The van der Waals surface area contributed by atoms with E-state index in [1.165, 1.54) is 21.9 Å². The summed E-state index contributed by atoms with van der Waals surface area (Å²) >= 11 is 0. The lowest BCUT2D eigenvalue weighted by Gasteiger charge is -2.48. The van der Waals surface area contributed by atoms with Crippen LogP contribution in [0.2, 0.25) is 0 Å². The number of phosphoric acid groups is 1. The molecule has 4 aliphatic rings. The van der Waals surface area contributed by atoms with Gasteiger partial charge in [-0.25, -0.2) is 14.5 Å². The summed E-state index contributed by atoms with van der Waals surface area (Å²) in [5.41, 5.74) is 6.07. The zero-order valence-electron chi connectivity index (χ0n) is 41.4. The average Bonchev–Trinajstić information content (AvgIpc) is 3.81. The molecule has 1 aromatic carbocycles. The van der Waals surface area contributed by atoms with Gasteiger partial charge in [0.05, 0.1) is 29.4 Å². The number of hydrogen-bond acceptors (Lipinski definition) is 13. The summed E-state index contributed by atoms with van der Waals surface area (Å²) < 4.78 is 20.3. The van der Waals surface area contributed by atoms with Crippen LogP contribution in [0.1, 0.15) is 87.4 Å². The molecule has 0 radical (unpaired) electrons. The van der Waals surface area contributed by atoms with Crippen molar-refractivity contribution in [3.8, 4) is 11.3 Å². The number of amides is 2. The van der Waals surface area contributed by atoms with Gasteiger partial charge in [-0.3, -0.25) is 33.7 Å². The number of hydrogen-bond donors (Lipinski definition) is 5. The maximum Gasteiger partial charge on any atom is 0.470 e. The Balaban J connectivity index is 0.906. The molecule has 376 valence electrons. The van der Waals surface area contributed by atoms with Crippen LogP contribution in [-0.4, -0.2) is 107 Å². The van der Waals surface area contributed by atoms with Crippen molar-refractivity contribution in [2.24, 2.45) is 12.5 Å². The van der Waals surface area contributed by atoms with Gasteiger partial charge in [0.15, 0.2) is 5.82 Å². The first-order valence-corrected chi connectivity index (χ1v) is 25.7. The molecule has 0 saturated carbocycles. The van der Waals surface area contributed by atoms with Gasteiger partial charge in [-0.1, -0.05) is 20.4 Å². The van der Waals surface area contributed by atoms with Crippen molar-refractivity contribution in [1.82, 2.24) is 29.0 Å². The first kappa shape index (κ1) is 49.8. The second-order valence-corrected chi connectivity index (χ2v) is 21.8. The highest BCUT2D eigenvalue weighted by Gasteiger charge is 2.39. The summed E-state index contributed by atoms with van der Waals surface area (Å²) in [5, 5.41) is 17.0. The van der Waals surface area contributed by atoms with Gasteiger partial charge in [0.1, 0.15) is 17.1 Å². The van der Waals surface area contributed by atoms with Crippen LogP contribution in [0, 0.1) is 5.41 Å². The van der Waals surface area contributed by atoms with Crippen LogP contribution in [0.4, 0.5) is 34.4 Å². The smallest absolute Gasteiger partial charge is 0.392 e. The number of anilines is 6. The molecular weight excluding hydrogens is 926 g/mol. The number of piperidine rings is 1. The number of aliphatic hydroxyl groups is 1. The Morgan fingerprint density at radius 3 is 2.48 bits per heavy atom. The van der Waals surface area contributed by atoms with E-state index in [1.54, 1.807) is 56.5 Å². The van der Waals surface area contributed by atoms with Crippen molar-refractivity contribution in [1.29, 1.82) is 0 Å². The largest absolute Gasteiger partial charge is 0.470 e. The Morgan fingerprint density at radius 1 is 0.986 bits per heavy atom. The minimum absolute atomic E-state index is 0.0229. The number of aliphatic hydroxyl groups excluding tert-OH is 1. The summed E-state index contributed by atoms with van der Waals surface area (Å²) in [6.07, 6.45) is 9.71. The quantitative estimate of drug-likeness (QED) is 0.0665. The molecule has 9 rings (SSSR count). The van der Waals surface area contributed by atoms with Gasteiger partial charge in [0.25, 0.3) is 11.5 Å². The highest BCUT2D eigenvalue weighted by atomic mass is 31.2. The van der Waals surface area contributed by atoms with Gasteiger partial charge in [0, 0.05) is 111 Å². The molecule has 7 heterocycles. The summed E-state index contributed by atoms with van der Waals surface area (Å²) in [7, 11) is -3.11. The molecule has 1 aliphatic carbocycles. The van der Waals surface area contributed by atoms with E-state index >= 15 is 0 Å². The molecule has 20 heteroatoms. The molecule has 0 bridgehead atoms. The van der Waals surface area contributed by atoms with Crippen LogP contribution in [0.15, 0.2) is 78.5 Å². The summed E-state index contributed by atoms with van der Waals surface area (Å²) in [6.45, 7) is 19.4. The fourth-order valence-corrected chi connectivity index (χ4v) is 11.8. The fraction of sp³-hybridized carbons (Fsp3) is 0.451. The van der Waals surface area contributed by atoms with Crippen LogP contribution in [0.25, 0.3) is 11.3 Å². The number of aryl methyl sites for hydroxylation is 1. The van der Waals surface area contributed by atoms with Crippen molar-refractivity contribution >= 4 is 54.0 Å². The number of fused-ring (bicyclic) bond motifs is 3. The Kier molecular flexibility index (Phi) is 13.4. The van der Waals surface area contributed by atoms with E-state index in [9.17, 15) is 33.8 Å². The number of pyridine rings is 2. The summed E-state index contributed by atoms with van der Waals surface area (Å²) in [4.78, 5) is 82.2. The molecule has 4 aromatic heterocycles. The first-order chi connectivity index (χ1) is 33.6. The topological polar surface area (TPSA) is 224 Å². The second kappa shape index (κ2) is 19.1. The molecule has 71 heavy (non-hydrogen) atoms. The molecule has 2 amide bonds. The number of benzene rings is 1. The van der Waals surface area contributed by atoms with Gasteiger partial charge in [-0.15, -0.1) is 0 Å². The number of rotatable bonds is 13. The van der Waals surface area contributed by atoms with E-state index in [-0.39, 0.29) is 35.1 Å². The number of nitrogens with zero attached hydrogens (tertiary/aromatic N) is 9. The van der Waals surface area contributed by atoms with E-state index in [0.29, 0.717) is 71.1 Å². The molecule has 19 nitrogen and oxygen atoms in total. The summed E-state index contributed by atoms with van der Waals surface area (Å²) in [5.74, 6) is -0.193. The first-order valence-electron chi connectivity index (χ1n) is 24.2. The molecule has 2 fully saturated rings. The third-order valence-electron chi connectivity index (χ3n) is 14.5. The maximum atomic E-state index is 14.1. The van der Waals surface area contributed by atoms with Gasteiger partial charge < -0.3 is 44.5 Å². The Labute approximate surface area is 413 Å². The lowest BCUT2D eigenvalue weighted by molar-refractivity contribution is -0.111. The average molecular weight is 990 g/mol. The van der Waals surface area contributed by atoms with Crippen molar-refractivity contribution in [2.45, 2.75) is 104 Å². The highest BCUT2D eigenvalue weighted by Crippen LogP contribution is 2.46. The van der Waals surface area contributed by atoms with Crippen molar-refractivity contribution in [3.05, 3.63) is 112 Å². The number of phosphoric ester groups is 1. The zero-order chi connectivity index (χ0) is 50.7. The van der Waals surface area contributed by atoms with E-state index < -0.39 is 25.6 Å². The van der Waals surface area contributed by atoms with Gasteiger partial charge in [0.2, 0.25) is 5.91 Å². The number of carbonyl (C=O) groups excluding carboxylic acids is 2. The van der Waals surface area contributed by atoms with Crippen LogP contribution in [0.5, 0.6) is 0 Å². The lowest BCUT2D eigenvalue weighted by atomic mass is 9.90. The molecule has 5 N–H and O–H groups in total. The SMILES string of the molecule is C=CC(=O)Nc1cc(Nc2nc(-c3ccnc(N4CCn5c(cc6c5CC(C)(C)C6)C4=O)c3CO)cn(C)c2=O)ccc1N1CCN(C2CCN(c3ccnc(C(C)(C)OP(=O)(O)O)c3)[C@H](C)C2)C[C@@H]1C. The third-order valence-corrected chi connectivity index (χ3v) is 15.2.